The third-order valence-corrected chi connectivity index (χ3v) is 3.13. The Kier molecular flexibility index (Phi) is 5.57. The van der Waals surface area contributed by atoms with Gasteiger partial charge in [0, 0.05) is 24.8 Å². The molecule has 0 saturated heterocycles. The molecule has 0 saturated carbocycles. The molecule has 0 bridgehead atoms. The third kappa shape index (κ3) is 5.35. The lowest BCUT2D eigenvalue weighted by Gasteiger charge is -2.02. The molecule has 0 aliphatic rings. The summed E-state index contributed by atoms with van der Waals surface area (Å²) in [6, 6.07) is 12.1. The van der Waals surface area contributed by atoms with Crippen LogP contribution in [0.5, 0.6) is 0 Å². The molecule has 2 rings (SSSR count). The Balaban J connectivity index is 1.83. The van der Waals surface area contributed by atoms with Gasteiger partial charge < -0.3 is 5.32 Å². The maximum Gasteiger partial charge on any atom is 0.270 e. The number of nitrogens with zero attached hydrogens (tertiary/aromatic N) is 1. The van der Waals surface area contributed by atoms with Gasteiger partial charge in [-0.2, -0.15) is 0 Å². The number of rotatable bonds is 6. The van der Waals surface area contributed by atoms with E-state index in [1.54, 1.807) is 24.3 Å². The molecule has 2 aromatic rings. The lowest BCUT2D eigenvalue weighted by atomic mass is 10.1. The zero-order valence-corrected chi connectivity index (χ0v) is 12.2. The van der Waals surface area contributed by atoms with Gasteiger partial charge >= 0.3 is 0 Å². The second-order valence-electron chi connectivity index (χ2n) is 4.85. The molecule has 0 radical (unpaired) electrons. The topological polar surface area (TPSA) is 72.2 Å². The number of nitrogens with one attached hydrogen (secondary N) is 1. The summed E-state index contributed by atoms with van der Waals surface area (Å²) in [5.41, 5.74) is 1.48. The van der Waals surface area contributed by atoms with Crippen molar-refractivity contribution in [3.8, 4) is 0 Å². The second kappa shape index (κ2) is 7.84. The number of halogens is 1. The number of carbonyl (C=O) groups is 1. The van der Waals surface area contributed by atoms with Crippen molar-refractivity contribution < 1.29 is 14.1 Å². The zero-order valence-electron chi connectivity index (χ0n) is 12.2. The molecular formula is C17H15FN2O3. The molecule has 6 heteroatoms. The Morgan fingerprint density at radius 2 is 1.96 bits per heavy atom. The fraction of sp³-hybridized carbons (Fsp3) is 0.118. The minimum absolute atomic E-state index is 0.0242. The summed E-state index contributed by atoms with van der Waals surface area (Å²) in [5.74, 6) is -0.587. The van der Waals surface area contributed by atoms with E-state index in [9.17, 15) is 19.3 Å². The highest BCUT2D eigenvalue weighted by atomic mass is 19.1. The minimum atomic E-state index is -0.486. The van der Waals surface area contributed by atoms with Gasteiger partial charge in [-0.15, -0.1) is 0 Å². The van der Waals surface area contributed by atoms with Crippen molar-refractivity contribution >= 4 is 17.7 Å². The van der Waals surface area contributed by atoms with Gasteiger partial charge in [0.05, 0.1) is 4.92 Å². The average Bonchev–Trinajstić information content (AvgIpc) is 2.55. The van der Waals surface area contributed by atoms with Crippen LogP contribution in [0.15, 0.2) is 54.6 Å². The molecule has 5 nitrogen and oxygen atoms in total. The van der Waals surface area contributed by atoms with Crippen LogP contribution in [0.1, 0.15) is 11.1 Å². The van der Waals surface area contributed by atoms with Crippen molar-refractivity contribution in [3.63, 3.8) is 0 Å². The number of benzene rings is 2. The lowest BCUT2D eigenvalue weighted by molar-refractivity contribution is -0.384. The van der Waals surface area contributed by atoms with Crippen molar-refractivity contribution in [2.45, 2.75) is 6.42 Å². The summed E-state index contributed by atoms with van der Waals surface area (Å²) < 4.78 is 12.8. The van der Waals surface area contributed by atoms with Gasteiger partial charge in [-0.3, -0.25) is 14.9 Å². The van der Waals surface area contributed by atoms with Gasteiger partial charge in [-0.05, 0) is 35.8 Å². The maximum absolute atomic E-state index is 12.8. The zero-order chi connectivity index (χ0) is 16.7. The van der Waals surface area contributed by atoms with Crippen molar-refractivity contribution in [2.24, 2.45) is 0 Å². The molecule has 23 heavy (non-hydrogen) atoms. The summed E-state index contributed by atoms with van der Waals surface area (Å²) in [6.45, 7) is 0.420. The fourth-order valence-electron chi connectivity index (χ4n) is 1.95. The van der Waals surface area contributed by atoms with Crippen LogP contribution >= 0.6 is 0 Å². The molecule has 0 aliphatic heterocycles. The summed E-state index contributed by atoms with van der Waals surface area (Å²) >= 11 is 0. The first-order valence-corrected chi connectivity index (χ1v) is 6.99. The van der Waals surface area contributed by atoms with Crippen LogP contribution < -0.4 is 5.32 Å². The standard InChI is InChI=1S/C17H15FN2O3/c18-15-7-4-13(5-8-15)10-11-19-17(21)9-6-14-2-1-3-16(12-14)20(22)23/h1-9,12H,10-11H2,(H,19,21)/b9-6+. The van der Waals surface area contributed by atoms with E-state index < -0.39 is 4.92 Å². The number of nitro benzene ring substituents is 1. The Labute approximate surface area is 132 Å². The molecule has 118 valence electrons. The molecule has 0 unspecified atom stereocenters. The number of carbonyl (C=O) groups excluding carboxylic acids is 1. The molecule has 2 aromatic carbocycles. The molecule has 0 atom stereocenters. The molecule has 1 N–H and O–H groups in total. The van der Waals surface area contributed by atoms with Crippen molar-refractivity contribution in [2.75, 3.05) is 6.54 Å². The molecule has 0 aliphatic carbocycles. The van der Waals surface area contributed by atoms with E-state index in [2.05, 4.69) is 5.32 Å². The highest BCUT2D eigenvalue weighted by molar-refractivity contribution is 5.91. The highest BCUT2D eigenvalue weighted by Crippen LogP contribution is 2.13. The van der Waals surface area contributed by atoms with Gasteiger partial charge in [-0.25, -0.2) is 4.39 Å². The predicted molar refractivity (Wildman–Crippen MR) is 85.2 cm³/mol. The van der Waals surface area contributed by atoms with Gasteiger partial charge in [0.2, 0.25) is 5.91 Å². The van der Waals surface area contributed by atoms with E-state index >= 15 is 0 Å². The number of hydrogen-bond acceptors (Lipinski definition) is 3. The van der Waals surface area contributed by atoms with Gasteiger partial charge in [0.25, 0.3) is 5.69 Å². The summed E-state index contributed by atoms with van der Waals surface area (Å²) in [4.78, 5) is 21.9. The number of non-ortho nitro benzene ring substituents is 1. The Bertz CT molecular complexity index is 727. The van der Waals surface area contributed by atoms with Crippen LogP contribution in [0.3, 0.4) is 0 Å². The summed E-state index contributed by atoms with van der Waals surface area (Å²) in [5, 5.41) is 13.4. The first-order chi connectivity index (χ1) is 11.0. The second-order valence-corrected chi connectivity index (χ2v) is 4.85. The molecule has 0 aromatic heterocycles. The van der Waals surface area contributed by atoms with Crippen LogP contribution in [-0.4, -0.2) is 17.4 Å². The molecule has 0 spiro atoms. The van der Waals surface area contributed by atoms with E-state index in [1.165, 1.54) is 36.4 Å². The monoisotopic (exact) mass is 314 g/mol. The van der Waals surface area contributed by atoms with Gasteiger partial charge in [0.1, 0.15) is 5.82 Å². The molecule has 0 fully saturated rings. The first kappa shape index (κ1) is 16.4. The minimum Gasteiger partial charge on any atom is -0.352 e. The van der Waals surface area contributed by atoms with Crippen LogP contribution in [0.25, 0.3) is 6.08 Å². The number of nitro groups is 1. The van der Waals surface area contributed by atoms with E-state index in [0.29, 0.717) is 18.5 Å². The molecule has 1 amide bonds. The maximum atomic E-state index is 12.8. The largest absolute Gasteiger partial charge is 0.352 e. The Morgan fingerprint density at radius 3 is 2.65 bits per heavy atom. The van der Waals surface area contributed by atoms with Gasteiger partial charge in [-0.1, -0.05) is 24.3 Å². The highest BCUT2D eigenvalue weighted by Gasteiger charge is 2.04. The number of hydrogen-bond donors (Lipinski definition) is 1. The van der Waals surface area contributed by atoms with Gasteiger partial charge in [0.15, 0.2) is 0 Å². The van der Waals surface area contributed by atoms with Crippen LogP contribution in [0.2, 0.25) is 0 Å². The van der Waals surface area contributed by atoms with Crippen LogP contribution in [0.4, 0.5) is 10.1 Å². The molecular weight excluding hydrogens is 299 g/mol. The van der Waals surface area contributed by atoms with Crippen LogP contribution in [0, 0.1) is 15.9 Å². The summed E-state index contributed by atoms with van der Waals surface area (Å²) in [6.07, 6.45) is 3.43. The number of amides is 1. The molecule has 0 heterocycles. The third-order valence-electron chi connectivity index (χ3n) is 3.13. The van der Waals surface area contributed by atoms with E-state index in [-0.39, 0.29) is 17.4 Å². The van der Waals surface area contributed by atoms with E-state index in [0.717, 1.165) is 5.56 Å². The first-order valence-electron chi connectivity index (χ1n) is 6.99. The fourth-order valence-corrected chi connectivity index (χ4v) is 1.95. The summed E-state index contributed by atoms with van der Waals surface area (Å²) in [7, 11) is 0. The van der Waals surface area contributed by atoms with E-state index in [1.807, 2.05) is 0 Å². The SMILES string of the molecule is O=C(/C=C/c1cccc([N+](=O)[O-])c1)NCCc1ccc(F)cc1. The smallest absolute Gasteiger partial charge is 0.270 e. The van der Waals surface area contributed by atoms with Crippen molar-refractivity contribution in [1.29, 1.82) is 0 Å². The normalized spacial score (nSPS) is 10.7. The van der Waals surface area contributed by atoms with E-state index in [4.69, 9.17) is 0 Å². The lowest BCUT2D eigenvalue weighted by Crippen LogP contribution is -2.23. The average molecular weight is 314 g/mol. The quantitative estimate of drug-likeness (QED) is 0.506. The van der Waals surface area contributed by atoms with Crippen LogP contribution in [-0.2, 0) is 11.2 Å². The van der Waals surface area contributed by atoms with Crippen molar-refractivity contribution in [1.82, 2.24) is 5.32 Å². The Morgan fingerprint density at radius 1 is 1.22 bits per heavy atom. The predicted octanol–water partition coefficient (Wildman–Crippen LogP) is 3.11. The Hall–Kier alpha value is -3.02. The van der Waals surface area contributed by atoms with Crippen molar-refractivity contribution in [3.05, 3.63) is 81.7 Å².